The molecule has 0 amide bonds. The number of aryl methyl sites for hydroxylation is 1. The Morgan fingerprint density at radius 3 is 2.61 bits per heavy atom. The van der Waals surface area contributed by atoms with Crippen molar-refractivity contribution < 1.29 is 13.2 Å². The summed E-state index contributed by atoms with van der Waals surface area (Å²) >= 11 is 1.14. The maximum absolute atomic E-state index is 11.4. The molecule has 0 saturated carbocycles. The number of ether oxygens (including phenoxy) is 1. The molecular weight excluding hydrogens is 511 g/mol. The molecule has 1 heterocycles. The maximum atomic E-state index is 11.4. The van der Waals surface area contributed by atoms with Crippen LogP contribution in [0.3, 0.4) is 0 Å². The number of thiophene rings is 1. The van der Waals surface area contributed by atoms with E-state index in [1.165, 1.54) is 11.6 Å². The van der Waals surface area contributed by atoms with Crippen molar-refractivity contribution in [2.75, 3.05) is 20.2 Å². The molecule has 7 nitrogen and oxygen atoms in total. The van der Waals surface area contributed by atoms with Crippen LogP contribution in [0, 0.1) is 6.92 Å². The fourth-order valence-corrected chi connectivity index (χ4v) is 4.22. The normalized spacial score (nSPS) is 11.6. The molecule has 0 fully saturated rings. The van der Waals surface area contributed by atoms with Gasteiger partial charge < -0.3 is 15.4 Å². The van der Waals surface area contributed by atoms with Gasteiger partial charge in [0.2, 0.25) is 10.0 Å². The van der Waals surface area contributed by atoms with E-state index < -0.39 is 10.0 Å². The smallest absolute Gasteiger partial charge is 0.247 e. The molecule has 2 rings (SSSR count). The second-order valence-corrected chi connectivity index (χ2v) is 8.91. The predicted molar refractivity (Wildman–Crippen MR) is 125 cm³/mol. The van der Waals surface area contributed by atoms with E-state index in [4.69, 9.17) is 9.88 Å². The number of guanidine groups is 1. The average Bonchev–Trinajstić information content (AvgIpc) is 3.09. The van der Waals surface area contributed by atoms with Crippen LogP contribution in [-0.2, 0) is 23.0 Å². The molecule has 0 atom stereocenters. The van der Waals surface area contributed by atoms with E-state index in [-0.39, 0.29) is 28.2 Å². The van der Waals surface area contributed by atoms with Crippen molar-refractivity contribution in [1.82, 2.24) is 10.6 Å². The summed E-state index contributed by atoms with van der Waals surface area (Å²) in [5.41, 5.74) is 2.33. The molecular formula is C18H27IN4O3S2. The highest BCUT2D eigenvalue weighted by Crippen LogP contribution is 2.21. The third kappa shape index (κ3) is 7.57. The number of methoxy groups -OCH3 is 1. The number of benzene rings is 1. The minimum absolute atomic E-state index is 0. The zero-order valence-electron chi connectivity index (χ0n) is 16.2. The van der Waals surface area contributed by atoms with Crippen LogP contribution in [0.15, 0.2) is 39.5 Å². The second-order valence-electron chi connectivity index (χ2n) is 5.95. The fourth-order valence-electron chi connectivity index (χ4n) is 2.51. The van der Waals surface area contributed by atoms with Crippen molar-refractivity contribution >= 4 is 51.3 Å². The second kappa shape index (κ2) is 11.6. The molecule has 0 aliphatic carbocycles. The van der Waals surface area contributed by atoms with E-state index in [2.05, 4.69) is 28.6 Å². The van der Waals surface area contributed by atoms with Crippen LogP contribution in [0.25, 0.3) is 0 Å². The lowest BCUT2D eigenvalue weighted by molar-refractivity contribution is 0.409. The van der Waals surface area contributed by atoms with Gasteiger partial charge in [0.15, 0.2) is 5.96 Å². The zero-order chi connectivity index (χ0) is 19.9. The summed E-state index contributed by atoms with van der Waals surface area (Å²) in [5.74, 6) is 1.55. The van der Waals surface area contributed by atoms with E-state index in [0.717, 1.165) is 40.5 Å². The molecule has 4 N–H and O–H groups in total. The van der Waals surface area contributed by atoms with E-state index in [9.17, 15) is 8.42 Å². The van der Waals surface area contributed by atoms with Gasteiger partial charge in [-0.3, -0.25) is 0 Å². The molecule has 0 radical (unpaired) electrons. The van der Waals surface area contributed by atoms with Crippen molar-refractivity contribution in [3.05, 3.63) is 46.3 Å². The van der Waals surface area contributed by atoms with E-state index in [1.807, 2.05) is 19.1 Å². The van der Waals surface area contributed by atoms with Gasteiger partial charge in [0.05, 0.1) is 13.7 Å². The molecule has 0 spiro atoms. The van der Waals surface area contributed by atoms with E-state index in [1.54, 1.807) is 13.2 Å². The number of sulfonamides is 1. The van der Waals surface area contributed by atoms with Crippen LogP contribution < -0.4 is 20.5 Å². The summed E-state index contributed by atoms with van der Waals surface area (Å²) < 4.78 is 28.3. The third-order valence-electron chi connectivity index (χ3n) is 3.78. The molecule has 0 bridgehead atoms. The van der Waals surface area contributed by atoms with Crippen molar-refractivity contribution in [3.63, 3.8) is 0 Å². The summed E-state index contributed by atoms with van der Waals surface area (Å²) in [4.78, 5) is 5.34. The van der Waals surface area contributed by atoms with Crippen molar-refractivity contribution in [1.29, 1.82) is 0 Å². The largest absolute Gasteiger partial charge is 0.496 e. The first kappa shape index (κ1) is 24.7. The minimum Gasteiger partial charge on any atom is -0.496 e. The number of nitrogens with two attached hydrogens (primary N) is 1. The van der Waals surface area contributed by atoms with Crippen molar-refractivity contribution in [2.24, 2.45) is 10.1 Å². The zero-order valence-corrected chi connectivity index (χ0v) is 20.2. The Labute approximate surface area is 187 Å². The van der Waals surface area contributed by atoms with E-state index in [0.29, 0.717) is 19.0 Å². The number of rotatable bonds is 8. The van der Waals surface area contributed by atoms with Crippen LogP contribution in [0.4, 0.5) is 0 Å². The fraction of sp³-hybridized carbons (Fsp3) is 0.389. The van der Waals surface area contributed by atoms with Crippen molar-refractivity contribution in [3.8, 4) is 5.75 Å². The van der Waals surface area contributed by atoms with Gasteiger partial charge in [-0.25, -0.2) is 18.5 Å². The third-order valence-corrected chi connectivity index (χ3v) is 6.29. The van der Waals surface area contributed by atoms with Crippen LogP contribution in [0.5, 0.6) is 5.75 Å². The van der Waals surface area contributed by atoms with Gasteiger partial charge in [0.25, 0.3) is 0 Å². The van der Waals surface area contributed by atoms with Crippen LogP contribution >= 0.6 is 35.3 Å². The standard InChI is InChI=1S/C18H26N4O3S2.HI/c1-4-20-18(22-12-15-6-8-17(26-15)27(19,23)24)21-10-9-14-11-13(2)5-7-16(14)25-3;/h5-8,11H,4,9-10,12H2,1-3H3,(H2,19,23,24)(H2,20,21,22);1H. The summed E-state index contributed by atoms with van der Waals surface area (Å²) in [6, 6.07) is 9.36. The molecule has 10 heteroatoms. The van der Waals surface area contributed by atoms with Gasteiger partial charge in [-0.15, -0.1) is 35.3 Å². The van der Waals surface area contributed by atoms with Gasteiger partial charge in [-0.05, 0) is 44.0 Å². The monoisotopic (exact) mass is 538 g/mol. The highest BCUT2D eigenvalue weighted by Gasteiger charge is 2.11. The van der Waals surface area contributed by atoms with Gasteiger partial charge in [-0.2, -0.15) is 0 Å². The van der Waals surface area contributed by atoms with Gasteiger partial charge in [0, 0.05) is 18.0 Å². The molecule has 0 aliphatic heterocycles. The Bertz CT molecular complexity index is 898. The predicted octanol–water partition coefficient (Wildman–Crippen LogP) is 2.63. The Morgan fingerprint density at radius 1 is 1.25 bits per heavy atom. The van der Waals surface area contributed by atoms with Gasteiger partial charge in [-0.1, -0.05) is 17.7 Å². The minimum atomic E-state index is -3.66. The topological polar surface area (TPSA) is 106 Å². The Morgan fingerprint density at radius 2 is 2.00 bits per heavy atom. The SMILES string of the molecule is CCNC(=NCc1ccc(S(N)(=O)=O)s1)NCCc1cc(C)ccc1OC.I. The lowest BCUT2D eigenvalue weighted by Gasteiger charge is -2.13. The maximum Gasteiger partial charge on any atom is 0.247 e. The summed E-state index contributed by atoms with van der Waals surface area (Å²) in [5, 5.41) is 11.6. The number of aliphatic imine (C=N–C) groups is 1. The number of nitrogens with one attached hydrogen (secondary N) is 2. The summed E-state index contributed by atoms with van der Waals surface area (Å²) in [6.07, 6.45) is 0.795. The van der Waals surface area contributed by atoms with Gasteiger partial charge in [0.1, 0.15) is 9.96 Å². The lowest BCUT2D eigenvalue weighted by atomic mass is 10.1. The quantitative estimate of drug-likeness (QED) is 0.272. The Hall–Kier alpha value is -1.37. The average molecular weight is 538 g/mol. The first-order chi connectivity index (χ1) is 12.8. The highest BCUT2D eigenvalue weighted by atomic mass is 127. The molecule has 28 heavy (non-hydrogen) atoms. The summed E-state index contributed by atoms with van der Waals surface area (Å²) in [6.45, 7) is 5.85. The van der Waals surface area contributed by atoms with E-state index >= 15 is 0 Å². The first-order valence-electron chi connectivity index (χ1n) is 8.60. The molecule has 0 unspecified atom stereocenters. The van der Waals surface area contributed by atoms with Gasteiger partial charge >= 0.3 is 0 Å². The molecule has 0 aliphatic rings. The molecule has 1 aromatic heterocycles. The molecule has 2 aromatic rings. The lowest BCUT2D eigenvalue weighted by Crippen LogP contribution is -2.38. The highest BCUT2D eigenvalue weighted by molar-refractivity contribution is 14.0. The molecule has 1 aromatic carbocycles. The Kier molecular flexibility index (Phi) is 10.2. The van der Waals surface area contributed by atoms with Crippen LogP contribution in [0.2, 0.25) is 0 Å². The van der Waals surface area contributed by atoms with Crippen LogP contribution in [-0.4, -0.2) is 34.6 Å². The first-order valence-corrected chi connectivity index (χ1v) is 11.0. The number of hydrogen-bond acceptors (Lipinski definition) is 5. The number of halogens is 1. The Balaban J connectivity index is 0.00000392. The number of hydrogen-bond donors (Lipinski definition) is 3. The van der Waals surface area contributed by atoms with Crippen LogP contribution in [0.1, 0.15) is 22.9 Å². The molecule has 0 saturated heterocycles. The summed E-state index contributed by atoms with van der Waals surface area (Å²) in [7, 11) is -1.99. The number of primary sulfonamides is 1. The van der Waals surface area contributed by atoms with Crippen molar-refractivity contribution in [2.45, 2.75) is 31.0 Å². The number of nitrogens with zero attached hydrogens (tertiary/aromatic N) is 1. The molecule has 156 valence electrons.